The number of nitrogens with one attached hydrogen (secondary N) is 2. The van der Waals surface area contributed by atoms with Gasteiger partial charge in [0.15, 0.2) is 0 Å². The van der Waals surface area contributed by atoms with Gasteiger partial charge < -0.3 is 19.5 Å². The Hall–Kier alpha value is -1.52. The Morgan fingerprint density at radius 2 is 1.22 bits per heavy atom. The van der Waals surface area contributed by atoms with E-state index in [9.17, 15) is 0 Å². The lowest BCUT2D eigenvalue weighted by Gasteiger charge is -2.04. The van der Waals surface area contributed by atoms with Crippen LogP contribution < -0.4 is 10.6 Å². The maximum Gasteiger partial charge on any atom is 0.117 e. The first-order chi connectivity index (χ1) is 8.74. The molecular formula is C14H20N2O2. The third-order valence-corrected chi connectivity index (χ3v) is 2.67. The van der Waals surface area contributed by atoms with E-state index in [1.54, 1.807) is 0 Å². The molecule has 0 radical (unpaired) electrons. The van der Waals surface area contributed by atoms with E-state index in [2.05, 4.69) is 10.6 Å². The SMILES string of the molecule is Cc1ccc(CNCCNCc2ccc(C)o2)o1. The zero-order valence-corrected chi connectivity index (χ0v) is 11.0. The second-order valence-electron chi connectivity index (χ2n) is 4.38. The molecule has 2 aromatic heterocycles. The fraction of sp³-hybridized carbons (Fsp3) is 0.429. The third-order valence-electron chi connectivity index (χ3n) is 2.67. The van der Waals surface area contributed by atoms with Crippen LogP contribution in [0.25, 0.3) is 0 Å². The van der Waals surface area contributed by atoms with Gasteiger partial charge in [0.25, 0.3) is 0 Å². The number of furan rings is 2. The zero-order valence-electron chi connectivity index (χ0n) is 11.0. The summed E-state index contributed by atoms with van der Waals surface area (Å²) < 4.78 is 10.9. The van der Waals surface area contributed by atoms with Crippen LogP contribution in [0.1, 0.15) is 23.0 Å². The maximum atomic E-state index is 5.46. The molecular weight excluding hydrogens is 228 g/mol. The Labute approximate surface area is 107 Å². The molecule has 2 N–H and O–H groups in total. The number of aryl methyl sites for hydroxylation is 2. The molecule has 98 valence electrons. The van der Waals surface area contributed by atoms with Crippen molar-refractivity contribution in [1.82, 2.24) is 10.6 Å². The number of rotatable bonds is 7. The first kappa shape index (κ1) is 12.9. The average Bonchev–Trinajstić information content (AvgIpc) is 2.93. The van der Waals surface area contributed by atoms with Crippen LogP contribution in [-0.2, 0) is 13.1 Å². The summed E-state index contributed by atoms with van der Waals surface area (Å²) in [6.07, 6.45) is 0. The fourth-order valence-corrected chi connectivity index (χ4v) is 1.76. The molecule has 2 rings (SSSR count). The van der Waals surface area contributed by atoms with Crippen molar-refractivity contribution in [2.75, 3.05) is 13.1 Å². The molecule has 0 saturated heterocycles. The zero-order chi connectivity index (χ0) is 12.8. The largest absolute Gasteiger partial charge is 0.465 e. The second-order valence-corrected chi connectivity index (χ2v) is 4.38. The van der Waals surface area contributed by atoms with Crippen molar-refractivity contribution in [2.45, 2.75) is 26.9 Å². The molecule has 4 heteroatoms. The Morgan fingerprint density at radius 1 is 0.778 bits per heavy atom. The van der Waals surface area contributed by atoms with E-state index in [1.165, 1.54) is 0 Å². The van der Waals surface area contributed by atoms with Crippen LogP contribution in [0.2, 0.25) is 0 Å². The smallest absolute Gasteiger partial charge is 0.117 e. The minimum Gasteiger partial charge on any atom is -0.465 e. The topological polar surface area (TPSA) is 50.3 Å². The van der Waals surface area contributed by atoms with E-state index >= 15 is 0 Å². The van der Waals surface area contributed by atoms with E-state index in [0.717, 1.165) is 49.2 Å². The van der Waals surface area contributed by atoms with Crippen LogP contribution in [0.15, 0.2) is 33.1 Å². The summed E-state index contributed by atoms with van der Waals surface area (Å²) in [6, 6.07) is 7.96. The monoisotopic (exact) mass is 248 g/mol. The van der Waals surface area contributed by atoms with Crippen molar-refractivity contribution in [3.05, 3.63) is 47.3 Å². The van der Waals surface area contributed by atoms with Crippen molar-refractivity contribution in [2.24, 2.45) is 0 Å². The molecule has 0 aliphatic heterocycles. The van der Waals surface area contributed by atoms with Gasteiger partial charge in [0, 0.05) is 13.1 Å². The van der Waals surface area contributed by atoms with Gasteiger partial charge in [-0.15, -0.1) is 0 Å². The van der Waals surface area contributed by atoms with Crippen LogP contribution in [0, 0.1) is 13.8 Å². The molecule has 0 saturated carbocycles. The fourth-order valence-electron chi connectivity index (χ4n) is 1.76. The summed E-state index contributed by atoms with van der Waals surface area (Å²) >= 11 is 0. The van der Waals surface area contributed by atoms with Crippen molar-refractivity contribution < 1.29 is 8.83 Å². The summed E-state index contributed by atoms with van der Waals surface area (Å²) in [5.41, 5.74) is 0. The summed E-state index contributed by atoms with van der Waals surface area (Å²) in [5, 5.41) is 6.64. The third kappa shape index (κ3) is 4.05. The van der Waals surface area contributed by atoms with Gasteiger partial charge in [0.2, 0.25) is 0 Å². The molecule has 0 amide bonds. The molecule has 0 aliphatic carbocycles. The van der Waals surface area contributed by atoms with Crippen molar-refractivity contribution in [1.29, 1.82) is 0 Å². The standard InChI is InChI=1S/C14H20N2O2/c1-11-3-5-13(17-11)9-15-7-8-16-10-14-6-4-12(2)18-14/h3-6,15-16H,7-10H2,1-2H3. The molecule has 0 unspecified atom stereocenters. The Morgan fingerprint density at radius 3 is 1.56 bits per heavy atom. The highest BCUT2D eigenvalue weighted by molar-refractivity contribution is 5.05. The molecule has 0 aromatic carbocycles. The first-order valence-corrected chi connectivity index (χ1v) is 6.26. The van der Waals surface area contributed by atoms with Crippen LogP contribution in [0.3, 0.4) is 0 Å². The van der Waals surface area contributed by atoms with Crippen LogP contribution in [0.4, 0.5) is 0 Å². The van der Waals surface area contributed by atoms with Crippen LogP contribution >= 0.6 is 0 Å². The lowest BCUT2D eigenvalue weighted by molar-refractivity contribution is 0.447. The minimum atomic E-state index is 0.773. The van der Waals surface area contributed by atoms with E-state index in [4.69, 9.17) is 8.83 Å². The van der Waals surface area contributed by atoms with Gasteiger partial charge in [-0.2, -0.15) is 0 Å². The summed E-state index contributed by atoms with van der Waals surface area (Å²) in [6.45, 7) is 7.26. The van der Waals surface area contributed by atoms with Gasteiger partial charge in [0.1, 0.15) is 23.0 Å². The van der Waals surface area contributed by atoms with Gasteiger partial charge in [-0.05, 0) is 38.1 Å². The van der Waals surface area contributed by atoms with Crippen molar-refractivity contribution >= 4 is 0 Å². The first-order valence-electron chi connectivity index (χ1n) is 6.26. The number of hydrogen-bond donors (Lipinski definition) is 2. The Bertz CT molecular complexity index is 429. The van der Waals surface area contributed by atoms with E-state index in [1.807, 2.05) is 38.1 Å². The highest BCUT2D eigenvalue weighted by atomic mass is 16.3. The lowest BCUT2D eigenvalue weighted by atomic mass is 10.4. The number of hydrogen-bond acceptors (Lipinski definition) is 4. The molecule has 0 spiro atoms. The maximum absolute atomic E-state index is 5.46. The van der Waals surface area contributed by atoms with E-state index < -0.39 is 0 Å². The molecule has 0 aliphatic rings. The van der Waals surface area contributed by atoms with Crippen LogP contribution in [-0.4, -0.2) is 13.1 Å². The average molecular weight is 248 g/mol. The summed E-state index contributed by atoms with van der Waals surface area (Å²) in [4.78, 5) is 0. The van der Waals surface area contributed by atoms with Gasteiger partial charge in [-0.1, -0.05) is 0 Å². The van der Waals surface area contributed by atoms with Crippen LogP contribution in [0.5, 0.6) is 0 Å². The molecule has 18 heavy (non-hydrogen) atoms. The van der Waals surface area contributed by atoms with Crippen molar-refractivity contribution in [3.63, 3.8) is 0 Å². The van der Waals surface area contributed by atoms with Gasteiger partial charge in [0.05, 0.1) is 13.1 Å². The highest BCUT2D eigenvalue weighted by Crippen LogP contribution is 2.05. The van der Waals surface area contributed by atoms with E-state index in [0.29, 0.717) is 0 Å². The Kier molecular flexibility index (Phi) is 4.61. The quantitative estimate of drug-likeness (QED) is 0.739. The van der Waals surface area contributed by atoms with Crippen molar-refractivity contribution in [3.8, 4) is 0 Å². The Balaban J connectivity index is 1.54. The molecule has 0 atom stereocenters. The van der Waals surface area contributed by atoms with E-state index in [-0.39, 0.29) is 0 Å². The second kappa shape index (κ2) is 6.42. The predicted octanol–water partition coefficient (Wildman–Crippen LogP) is 2.37. The molecule has 2 aromatic rings. The summed E-state index contributed by atoms with van der Waals surface area (Å²) in [5.74, 6) is 3.87. The van der Waals surface area contributed by atoms with Gasteiger partial charge >= 0.3 is 0 Å². The molecule has 2 heterocycles. The highest BCUT2D eigenvalue weighted by Gasteiger charge is 1.99. The van der Waals surface area contributed by atoms with Gasteiger partial charge in [-0.3, -0.25) is 0 Å². The molecule has 4 nitrogen and oxygen atoms in total. The minimum absolute atomic E-state index is 0.773. The molecule has 0 fully saturated rings. The molecule has 0 bridgehead atoms. The summed E-state index contributed by atoms with van der Waals surface area (Å²) in [7, 11) is 0. The van der Waals surface area contributed by atoms with Gasteiger partial charge in [-0.25, -0.2) is 0 Å². The lowest BCUT2D eigenvalue weighted by Crippen LogP contribution is -2.26. The normalized spacial score (nSPS) is 11.0. The predicted molar refractivity (Wildman–Crippen MR) is 70.3 cm³/mol.